The second kappa shape index (κ2) is 8.92. The monoisotopic (exact) mass is 381 g/mol. The number of ether oxygens (including phenoxy) is 1. The molecule has 0 atom stereocenters. The maximum absolute atomic E-state index is 11.9. The van der Waals surface area contributed by atoms with Crippen molar-refractivity contribution in [3.63, 3.8) is 0 Å². The van der Waals surface area contributed by atoms with Crippen LogP contribution in [-0.4, -0.2) is 17.6 Å². The molecule has 1 heterocycles. The van der Waals surface area contributed by atoms with Crippen molar-refractivity contribution in [2.75, 3.05) is 6.61 Å². The highest BCUT2D eigenvalue weighted by Gasteiger charge is 2.05. The molecule has 3 rings (SSSR count). The lowest BCUT2D eigenvalue weighted by atomic mass is 10.0. The summed E-state index contributed by atoms with van der Waals surface area (Å²) in [5, 5.41) is 1.85. The number of carbonyl (C=O) groups is 1. The van der Waals surface area contributed by atoms with Gasteiger partial charge in [0.15, 0.2) is 0 Å². The van der Waals surface area contributed by atoms with Crippen LogP contribution < -0.4 is 0 Å². The first-order valence-electron chi connectivity index (χ1n) is 9.23. The van der Waals surface area contributed by atoms with Gasteiger partial charge in [-0.15, -0.1) is 0 Å². The van der Waals surface area contributed by atoms with Gasteiger partial charge >= 0.3 is 5.97 Å². The Kier molecular flexibility index (Phi) is 6.36. The SMILES string of the molecule is CC(C)c1ccc(/C=C/C(=O)OCCCc2c[nH]c3ccc(Cl)cc23)cc1. The van der Waals surface area contributed by atoms with Crippen molar-refractivity contribution in [3.05, 3.63) is 76.5 Å². The molecule has 140 valence electrons. The van der Waals surface area contributed by atoms with E-state index < -0.39 is 0 Å². The zero-order chi connectivity index (χ0) is 19.2. The Morgan fingerprint density at radius 2 is 1.96 bits per heavy atom. The molecule has 0 radical (unpaired) electrons. The van der Waals surface area contributed by atoms with Gasteiger partial charge < -0.3 is 9.72 Å². The number of carbonyl (C=O) groups excluding carboxylic acids is 1. The van der Waals surface area contributed by atoms with Gasteiger partial charge in [-0.1, -0.05) is 49.7 Å². The van der Waals surface area contributed by atoms with Gasteiger partial charge in [0.2, 0.25) is 0 Å². The summed E-state index contributed by atoms with van der Waals surface area (Å²) >= 11 is 6.07. The normalized spacial score (nSPS) is 11.6. The molecule has 0 fully saturated rings. The number of esters is 1. The Morgan fingerprint density at radius 1 is 1.19 bits per heavy atom. The fourth-order valence-electron chi connectivity index (χ4n) is 3.00. The lowest BCUT2D eigenvalue weighted by Gasteiger charge is -2.05. The van der Waals surface area contributed by atoms with E-state index in [-0.39, 0.29) is 5.97 Å². The van der Waals surface area contributed by atoms with Crippen LogP contribution in [0.15, 0.2) is 54.7 Å². The molecular formula is C23H24ClNO2. The minimum atomic E-state index is -0.315. The standard InChI is InChI=1S/C23H24ClNO2/c1-16(2)18-8-5-17(6-9-18)7-12-23(26)27-13-3-4-19-15-25-22-11-10-20(24)14-21(19)22/h5-12,14-16,25H,3-4,13H2,1-2H3/b12-7+. The van der Waals surface area contributed by atoms with Crippen LogP contribution in [-0.2, 0) is 16.0 Å². The average Bonchev–Trinajstić information content (AvgIpc) is 3.06. The summed E-state index contributed by atoms with van der Waals surface area (Å²) in [5.74, 6) is 0.186. The van der Waals surface area contributed by atoms with E-state index in [9.17, 15) is 4.79 Å². The maximum atomic E-state index is 11.9. The Hall–Kier alpha value is -2.52. The topological polar surface area (TPSA) is 42.1 Å². The minimum absolute atomic E-state index is 0.315. The second-order valence-corrected chi connectivity index (χ2v) is 7.37. The number of halogens is 1. The van der Waals surface area contributed by atoms with E-state index in [0.717, 1.165) is 34.3 Å². The first-order valence-corrected chi connectivity index (χ1v) is 9.61. The summed E-state index contributed by atoms with van der Waals surface area (Å²) in [4.78, 5) is 15.1. The van der Waals surface area contributed by atoms with Gasteiger partial charge in [-0.25, -0.2) is 4.79 Å². The van der Waals surface area contributed by atoms with Gasteiger partial charge in [-0.05, 0) is 59.7 Å². The number of nitrogens with one attached hydrogen (secondary N) is 1. The number of fused-ring (bicyclic) bond motifs is 1. The van der Waals surface area contributed by atoms with Gasteiger partial charge in [-0.2, -0.15) is 0 Å². The smallest absolute Gasteiger partial charge is 0.330 e. The highest BCUT2D eigenvalue weighted by atomic mass is 35.5. The van der Waals surface area contributed by atoms with Crippen molar-refractivity contribution in [1.82, 2.24) is 4.98 Å². The van der Waals surface area contributed by atoms with Crippen molar-refractivity contribution >= 4 is 34.5 Å². The lowest BCUT2D eigenvalue weighted by Crippen LogP contribution is -2.03. The Balaban J connectivity index is 1.45. The van der Waals surface area contributed by atoms with Crippen LogP contribution in [0.1, 0.15) is 42.9 Å². The number of aromatic amines is 1. The molecule has 1 N–H and O–H groups in total. The third kappa shape index (κ3) is 5.24. The summed E-state index contributed by atoms with van der Waals surface area (Å²) in [7, 11) is 0. The van der Waals surface area contributed by atoms with Gasteiger partial charge in [0.25, 0.3) is 0 Å². The fraction of sp³-hybridized carbons (Fsp3) is 0.261. The van der Waals surface area contributed by atoms with E-state index in [1.165, 1.54) is 17.2 Å². The highest BCUT2D eigenvalue weighted by molar-refractivity contribution is 6.31. The van der Waals surface area contributed by atoms with Crippen LogP contribution in [0, 0.1) is 0 Å². The quantitative estimate of drug-likeness (QED) is 0.303. The molecule has 27 heavy (non-hydrogen) atoms. The third-order valence-corrected chi connectivity index (χ3v) is 4.81. The van der Waals surface area contributed by atoms with Crippen molar-refractivity contribution in [3.8, 4) is 0 Å². The molecule has 1 aromatic heterocycles. The Labute approximate surface area is 165 Å². The second-order valence-electron chi connectivity index (χ2n) is 6.93. The molecule has 0 aliphatic carbocycles. The molecule has 0 spiro atoms. The van der Waals surface area contributed by atoms with Crippen molar-refractivity contribution in [2.24, 2.45) is 0 Å². The zero-order valence-electron chi connectivity index (χ0n) is 15.7. The minimum Gasteiger partial charge on any atom is -0.463 e. The van der Waals surface area contributed by atoms with E-state index in [2.05, 4.69) is 31.0 Å². The van der Waals surface area contributed by atoms with Crippen LogP contribution in [0.2, 0.25) is 5.02 Å². The van der Waals surface area contributed by atoms with Crippen LogP contribution in [0.3, 0.4) is 0 Å². The summed E-state index contributed by atoms with van der Waals surface area (Å²) in [6.45, 7) is 4.71. The lowest BCUT2D eigenvalue weighted by molar-refractivity contribution is -0.137. The number of rotatable bonds is 7. The van der Waals surface area contributed by atoms with Crippen molar-refractivity contribution < 1.29 is 9.53 Å². The zero-order valence-corrected chi connectivity index (χ0v) is 16.4. The average molecular weight is 382 g/mol. The third-order valence-electron chi connectivity index (χ3n) is 4.58. The number of aryl methyl sites for hydroxylation is 1. The molecule has 4 heteroatoms. The predicted octanol–water partition coefficient (Wildman–Crippen LogP) is 6.13. The molecule has 0 saturated heterocycles. The van der Waals surface area contributed by atoms with Gasteiger partial charge in [0.05, 0.1) is 6.61 Å². The molecule has 0 aliphatic rings. The Morgan fingerprint density at radius 3 is 2.70 bits per heavy atom. The number of aromatic nitrogens is 1. The Bertz CT molecular complexity index is 939. The molecular weight excluding hydrogens is 358 g/mol. The van der Waals surface area contributed by atoms with Crippen LogP contribution in [0.5, 0.6) is 0 Å². The van der Waals surface area contributed by atoms with Crippen LogP contribution >= 0.6 is 11.6 Å². The van der Waals surface area contributed by atoms with Crippen molar-refractivity contribution in [1.29, 1.82) is 0 Å². The van der Waals surface area contributed by atoms with Crippen LogP contribution in [0.4, 0.5) is 0 Å². The number of hydrogen-bond acceptors (Lipinski definition) is 2. The number of benzene rings is 2. The van der Waals surface area contributed by atoms with E-state index in [4.69, 9.17) is 16.3 Å². The summed E-state index contributed by atoms with van der Waals surface area (Å²) in [6, 6.07) is 14.0. The van der Waals surface area contributed by atoms with E-state index >= 15 is 0 Å². The van der Waals surface area contributed by atoms with Crippen molar-refractivity contribution in [2.45, 2.75) is 32.6 Å². The largest absolute Gasteiger partial charge is 0.463 e. The number of H-pyrrole nitrogens is 1. The maximum Gasteiger partial charge on any atom is 0.330 e. The molecule has 0 bridgehead atoms. The van der Waals surface area contributed by atoms with Gasteiger partial charge in [0, 0.05) is 28.2 Å². The fourth-order valence-corrected chi connectivity index (χ4v) is 3.17. The molecule has 0 saturated carbocycles. The summed E-state index contributed by atoms with van der Waals surface area (Å²) in [6.07, 6.45) is 6.85. The highest BCUT2D eigenvalue weighted by Crippen LogP contribution is 2.23. The molecule has 3 aromatic rings. The molecule has 0 amide bonds. The molecule has 3 nitrogen and oxygen atoms in total. The summed E-state index contributed by atoms with van der Waals surface area (Å²) in [5.41, 5.74) is 4.53. The first-order chi connectivity index (χ1) is 13.0. The van der Waals surface area contributed by atoms with Gasteiger partial charge in [-0.3, -0.25) is 0 Å². The van der Waals surface area contributed by atoms with E-state index in [1.54, 1.807) is 6.08 Å². The molecule has 0 unspecified atom stereocenters. The predicted molar refractivity (Wildman–Crippen MR) is 112 cm³/mol. The molecule has 0 aliphatic heterocycles. The summed E-state index contributed by atoms with van der Waals surface area (Å²) < 4.78 is 5.30. The first kappa shape index (κ1) is 19.2. The molecule has 2 aromatic carbocycles. The number of hydrogen-bond donors (Lipinski definition) is 1. The van der Waals surface area contributed by atoms with E-state index in [0.29, 0.717) is 12.5 Å². The van der Waals surface area contributed by atoms with E-state index in [1.807, 2.05) is 36.5 Å². The van der Waals surface area contributed by atoms with Crippen LogP contribution in [0.25, 0.3) is 17.0 Å². The van der Waals surface area contributed by atoms with Gasteiger partial charge in [0.1, 0.15) is 0 Å².